The standard InChI is InChI=1S/C23H27ClN4O3/c1-4-12-28(13-5-14-29)26-19-9-6-17(7-10-19)23-25-22(27-31-23)18-8-11-21(20(24)15-18)30-16(2)3/h6-11,14-16,26H,4-5,12-13H2,1-3H3. The van der Waals surface area contributed by atoms with Crippen LogP contribution in [0.3, 0.4) is 0 Å². The predicted molar refractivity (Wildman–Crippen MR) is 122 cm³/mol. The Kier molecular flexibility index (Phi) is 8.03. The molecule has 0 aliphatic rings. The van der Waals surface area contributed by atoms with E-state index >= 15 is 0 Å². The maximum Gasteiger partial charge on any atom is 0.258 e. The minimum atomic E-state index is 0.0386. The normalized spacial score (nSPS) is 11.2. The molecule has 0 atom stereocenters. The highest BCUT2D eigenvalue weighted by Crippen LogP contribution is 2.31. The topological polar surface area (TPSA) is 80.5 Å². The molecule has 0 saturated carbocycles. The highest BCUT2D eigenvalue weighted by atomic mass is 35.5. The maximum absolute atomic E-state index is 10.7. The van der Waals surface area contributed by atoms with Gasteiger partial charge in [-0.15, -0.1) is 0 Å². The van der Waals surface area contributed by atoms with E-state index in [0.717, 1.165) is 36.1 Å². The van der Waals surface area contributed by atoms with Crippen LogP contribution in [0.25, 0.3) is 22.8 Å². The fraction of sp³-hybridized carbons (Fsp3) is 0.348. The number of hydrazine groups is 1. The van der Waals surface area contributed by atoms with E-state index in [-0.39, 0.29) is 6.10 Å². The van der Waals surface area contributed by atoms with Gasteiger partial charge in [-0.05, 0) is 62.7 Å². The average molecular weight is 443 g/mol. The second kappa shape index (κ2) is 10.9. The molecule has 1 heterocycles. The molecule has 0 saturated heterocycles. The second-order valence-corrected chi connectivity index (χ2v) is 7.77. The third-order valence-corrected chi connectivity index (χ3v) is 4.70. The molecule has 0 amide bonds. The molecule has 8 heteroatoms. The van der Waals surface area contributed by atoms with Gasteiger partial charge in [0.25, 0.3) is 5.89 Å². The van der Waals surface area contributed by atoms with Gasteiger partial charge in [-0.25, -0.2) is 5.01 Å². The van der Waals surface area contributed by atoms with Crippen molar-refractivity contribution in [1.82, 2.24) is 15.1 Å². The van der Waals surface area contributed by atoms with Crippen LogP contribution < -0.4 is 10.2 Å². The summed E-state index contributed by atoms with van der Waals surface area (Å²) < 4.78 is 11.1. The van der Waals surface area contributed by atoms with Gasteiger partial charge in [-0.2, -0.15) is 4.98 Å². The van der Waals surface area contributed by atoms with Crippen LogP contribution in [-0.2, 0) is 4.79 Å². The molecule has 31 heavy (non-hydrogen) atoms. The average Bonchev–Trinajstić information content (AvgIpc) is 3.24. The molecule has 0 bridgehead atoms. The highest BCUT2D eigenvalue weighted by Gasteiger charge is 2.13. The Labute approximate surface area is 187 Å². The van der Waals surface area contributed by atoms with E-state index in [1.54, 1.807) is 12.1 Å². The van der Waals surface area contributed by atoms with Crippen molar-refractivity contribution >= 4 is 23.6 Å². The fourth-order valence-electron chi connectivity index (χ4n) is 3.02. The van der Waals surface area contributed by atoms with Crippen LogP contribution in [0.5, 0.6) is 5.75 Å². The first-order valence-electron chi connectivity index (χ1n) is 10.4. The Morgan fingerprint density at radius 1 is 1.16 bits per heavy atom. The number of hydrogen-bond acceptors (Lipinski definition) is 7. The number of ether oxygens (including phenoxy) is 1. The minimum absolute atomic E-state index is 0.0386. The van der Waals surface area contributed by atoms with E-state index in [1.165, 1.54) is 0 Å². The molecule has 3 aromatic rings. The number of hydrogen-bond donors (Lipinski definition) is 1. The summed E-state index contributed by atoms with van der Waals surface area (Å²) in [7, 11) is 0. The van der Waals surface area contributed by atoms with E-state index in [1.807, 2.05) is 49.2 Å². The summed E-state index contributed by atoms with van der Waals surface area (Å²) >= 11 is 6.32. The van der Waals surface area contributed by atoms with Crippen molar-refractivity contribution in [1.29, 1.82) is 0 Å². The molecule has 1 N–H and O–H groups in total. The third-order valence-electron chi connectivity index (χ3n) is 4.41. The number of aldehydes is 1. The number of benzene rings is 2. The van der Waals surface area contributed by atoms with Crippen molar-refractivity contribution in [2.75, 3.05) is 18.5 Å². The summed E-state index contributed by atoms with van der Waals surface area (Å²) in [6.45, 7) is 7.51. The fourth-order valence-corrected chi connectivity index (χ4v) is 3.24. The molecule has 0 aliphatic heterocycles. The van der Waals surface area contributed by atoms with Crippen LogP contribution in [0.4, 0.5) is 5.69 Å². The summed E-state index contributed by atoms with van der Waals surface area (Å²) in [5.41, 5.74) is 5.82. The van der Waals surface area contributed by atoms with Crippen molar-refractivity contribution in [2.45, 2.75) is 39.7 Å². The summed E-state index contributed by atoms with van der Waals surface area (Å²) in [6, 6.07) is 13.1. The Morgan fingerprint density at radius 3 is 2.55 bits per heavy atom. The zero-order chi connectivity index (χ0) is 22.2. The molecule has 7 nitrogen and oxygen atoms in total. The van der Waals surface area contributed by atoms with Crippen molar-refractivity contribution in [3.8, 4) is 28.6 Å². The number of carbonyl (C=O) groups excluding carboxylic acids is 1. The van der Waals surface area contributed by atoms with E-state index in [0.29, 0.717) is 35.5 Å². The van der Waals surface area contributed by atoms with Gasteiger partial charge in [0.2, 0.25) is 5.82 Å². The monoisotopic (exact) mass is 442 g/mol. The molecule has 164 valence electrons. The van der Waals surface area contributed by atoms with Crippen LogP contribution in [0.1, 0.15) is 33.6 Å². The molecule has 2 aromatic carbocycles. The first kappa shape index (κ1) is 22.8. The van der Waals surface area contributed by atoms with Gasteiger partial charge in [0.05, 0.1) is 11.1 Å². The van der Waals surface area contributed by atoms with Crippen molar-refractivity contribution in [2.24, 2.45) is 0 Å². The Balaban J connectivity index is 1.71. The molecule has 0 aliphatic carbocycles. The largest absolute Gasteiger partial charge is 0.489 e. The number of anilines is 1. The van der Waals surface area contributed by atoms with Crippen LogP contribution >= 0.6 is 11.6 Å². The first-order chi connectivity index (χ1) is 15.0. The van der Waals surface area contributed by atoms with Crippen LogP contribution in [0.15, 0.2) is 47.0 Å². The lowest BCUT2D eigenvalue weighted by molar-refractivity contribution is -0.108. The highest BCUT2D eigenvalue weighted by molar-refractivity contribution is 6.32. The Hall–Kier alpha value is -2.90. The number of rotatable bonds is 11. The lowest BCUT2D eigenvalue weighted by Gasteiger charge is -2.22. The number of aromatic nitrogens is 2. The first-order valence-corrected chi connectivity index (χ1v) is 10.7. The summed E-state index contributed by atoms with van der Waals surface area (Å²) in [4.78, 5) is 15.2. The second-order valence-electron chi connectivity index (χ2n) is 7.37. The van der Waals surface area contributed by atoms with E-state index in [4.69, 9.17) is 20.9 Å². The van der Waals surface area contributed by atoms with E-state index in [2.05, 4.69) is 22.5 Å². The third kappa shape index (κ3) is 6.29. The summed E-state index contributed by atoms with van der Waals surface area (Å²) in [5, 5.41) is 6.61. The smallest absolute Gasteiger partial charge is 0.258 e. The molecule has 3 rings (SSSR count). The minimum Gasteiger partial charge on any atom is -0.489 e. The SMILES string of the molecule is CCCN(CCC=O)Nc1ccc(-c2nc(-c3ccc(OC(C)C)c(Cl)c3)no2)cc1. The number of carbonyl (C=O) groups is 1. The zero-order valence-electron chi connectivity index (χ0n) is 18.0. The molecule has 1 aromatic heterocycles. The van der Waals surface area contributed by atoms with Gasteiger partial charge in [0.15, 0.2) is 0 Å². The molecule has 0 unspecified atom stereocenters. The maximum atomic E-state index is 10.7. The predicted octanol–water partition coefficient (Wildman–Crippen LogP) is 5.47. The lowest BCUT2D eigenvalue weighted by Crippen LogP contribution is -2.31. The van der Waals surface area contributed by atoms with Crippen LogP contribution in [-0.4, -0.2) is 40.6 Å². The van der Waals surface area contributed by atoms with Crippen LogP contribution in [0, 0.1) is 0 Å². The lowest BCUT2D eigenvalue weighted by atomic mass is 10.2. The zero-order valence-corrected chi connectivity index (χ0v) is 18.7. The summed E-state index contributed by atoms with van der Waals surface area (Å²) in [6.07, 6.45) is 2.45. The number of halogens is 1. The van der Waals surface area contributed by atoms with Gasteiger partial charge in [0, 0.05) is 36.3 Å². The van der Waals surface area contributed by atoms with Crippen molar-refractivity contribution < 1.29 is 14.1 Å². The molecular weight excluding hydrogens is 416 g/mol. The molecule has 0 spiro atoms. The van der Waals surface area contributed by atoms with Crippen LogP contribution in [0.2, 0.25) is 5.02 Å². The van der Waals surface area contributed by atoms with Gasteiger partial charge in [0.1, 0.15) is 12.0 Å². The quantitative estimate of drug-likeness (QED) is 0.311. The Morgan fingerprint density at radius 2 is 1.90 bits per heavy atom. The number of nitrogens with one attached hydrogen (secondary N) is 1. The summed E-state index contributed by atoms with van der Waals surface area (Å²) in [5.74, 6) is 1.50. The molecular formula is C23H27ClN4O3. The van der Waals surface area contributed by atoms with Gasteiger partial charge in [-0.1, -0.05) is 23.7 Å². The van der Waals surface area contributed by atoms with E-state index in [9.17, 15) is 4.79 Å². The van der Waals surface area contributed by atoms with Crippen molar-refractivity contribution in [3.63, 3.8) is 0 Å². The number of nitrogens with zero attached hydrogens (tertiary/aromatic N) is 3. The van der Waals surface area contributed by atoms with Gasteiger partial charge >= 0.3 is 0 Å². The van der Waals surface area contributed by atoms with Gasteiger partial charge < -0.3 is 19.5 Å². The van der Waals surface area contributed by atoms with E-state index < -0.39 is 0 Å². The molecule has 0 fully saturated rings. The van der Waals surface area contributed by atoms with Crippen molar-refractivity contribution in [3.05, 3.63) is 47.5 Å². The molecule has 0 radical (unpaired) electrons. The Bertz CT molecular complexity index is 989. The van der Waals surface area contributed by atoms with Gasteiger partial charge in [-0.3, -0.25) is 0 Å².